The SMILES string of the molecule is CCCCCCCCCCCCCCC(=O)OC[C@H](COC(=O)CCCCCCCCCCCCCCCCCCC(C)C)OC(=O)CCCCCCCCC. The van der Waals surface area contributed by atoms with E-state index in [9.17, 15) is 14.4 Å². The van der Waals surface area contributed by atoms with Crippen LogP contribution in [0.4, 0.5) is 0 Å². The molecule has 0 spiro atoms. The van der Waals surface area contributed by atoms with Crippen molar-refractivity contribution in [3.63, 3.8) is 0 Å². The maximum absolute atomic E-state index is 12.6. The number of rotatable bonds is 45. The van der Waals surface area contributed by atoms with E-state index in [0.29, 0.717) is 19.3 Å². The highest BCUT2D eigenvalue weighted by Crippen LogP contribution is 2.17. The molecule has 0 unspecified atom stereocenters. The molecule has 0 saturated heterocycles. The van der Waals surface area contributed by atoms with E-state index in [1.807, 2.05) is 0 Å². The van der Waals surface area contributed by atoms with E-state index >= 15 is 0 Å². The highest BCUT2D eigenvalue weighted by atomic mass is 16.6. The van der Waals surface area contributed by atoms with Gasteiger partial charge in [0, 0.05) is 19.3 Å². The van der Waals surface area contributed by atoms with Gasteiger partial charge in [-0.05, 0) is 25.2 Å². The minimum Gasteiger partial charge on any atom is -0.462 e. The fourth-order valence-electron chi connectivity index (χ4n) is 7.51. The van der Waals surface area contributed by atoms with Gasteiger partial charge in [-0.1, -0.05) is 240 Å². The van der Waals surface area contributed by atoms with Crippen molar-refractivity contribution in [2.24, 2.45) is 5.92 Å². The Balaban J connectivity index is 4.14. The van der Waals surface area contributed by atoms with Crippen LogP contribution in [0, 0.1) is 5.92 Å². The smallest absolute Gasteiger partial charge is 0.306 e. The molecule has 0 aromatic rings. The third-order valence-corrected chi connectivity index (χ3v) is 11.3. The van der Waals surface area contributed by atoms with Crippen LogP contribution in [0.15, 0.2) is 0 Å². The van der Waals surface area contributed by atoms with Crippen molar-refractivity contribution in [3.8, 4) is 0 Å². The second-order valence-corrected chi connectivity index (χ2v) is 17.6. The lowest BCUT2D eigenvalue weighted by Crippen LogP contribution is -2.30. The third kappa shape index (κ3) is 43.5. The van der Waals surface area contributed by atoms with Crippen LogP contribution in [0.3, 0.4) is 0 Å². The van der Waals surface area contributed by atoms with E-state index in [4.69, 9.17) is 14.2 Å². The number of carbonyl (C=O) groups is 3. The summed E-state index contributed by atoms with van der Waals surface area (Å²) in [5, 5.41) is 0. The Kier molecular flexibility index (Phi) is 43.2. The first kappa shape index (κ1) is 54.4. The standard InChI is InChI=1S/C50H96O6/c1-5-7-9-11-13-14-15-23-26-30-33-37-41-48(51)54-44-47(56-50(53)43-39-35-28-12-10-8-6-2)45-55-49(52)42-38-34-31-27-24-21-19-17-16-18-20-22-25-29-32-36-40-46(3)4/h46-47H,5-45H2,1-4H3/t47-/m1/s1. The van der Waals surface area contributed by atoms with Crippen LogP contribution < -0.4 is 0 Å². The minimum absolute atomic E-state index is 0.0636. The highest BCUT2D eigenvalue weighted by Gasteiger charge is 2.19. The molecule has 0 rings (SSSR count). The van der Waals surface area contributed by atoms with Gasteiger partial charge in [-0.25, -0.2) is 0 Å². The fourth-order valence-corrected chi connectivity index (χ4v) is 7.51. The van der Waals surface area contributed by atoms with Crippen molar-refractivity contribution < 1.29 is 28.6 Å². The predicted molar refractivity (Wildman–Crippen MR) is 238 cm³/mol. The summed E-state index contributed by atoms with van der Waals surface area (Å²) in [5.74, 6) is -0.00179. The van der Waals surface area contributed by atoms with Crippen LogP contribution in [-0.2, 0) is 28.6 Å². The average molecular weight is 793 g/mol. The topological polar surface area (TPSA) is 78.9 Å². The molecule has 0 aromatic heterocycles. The molecule has 0 fully saturated rings. The molecule has 0 aliphatic carbocycles. The molecule has 0 aliphatic heterocycles. The van der Waals surface area contributed by atoms with Gasteiger partial charge in [0.1, 0.15) is 13.2 Å². The lowest BCUT2D eigenvalue weighted by Gasteiger charge is -2.18. The lowest BCUT2D eigenvalue weighted by molar-refractivity contribution is -0.167. The van der Waals surface area contributed by atoms with Gasteiger partial charge in [-0.15, -0.1) is 0 Å². The van der Waals surface area contributed by atoms with Crippen molar-refractivity contribution in [2.45, 2.75) is 284 Å². The highest BCUT2D eigenvalue weighted by molar-refractivity contribution is 5.71. The molecule has 6 nitrogen and oxygen atoms in total. The summed E-state index contributed by atoms with van der Waals surface area (Å²) in [6, 6.07) is 0. The van der Waals surface area contributed by atoms with E-state index < -0.39 is 6.10 Å². The summed E-state index contributed by atoms with van der Waals surface area (Å²) in [5.41, 5.74) is 0. The minimum atomic E-state index is -0.758. The van der Waals surface area contributed by atoms with Crippen molar-refractivity contribution in [2.75, 3.05) is 13.2 Å². The molecule has 0 aliphatic rings. The van der Waals surface area contributed by atoms with Crippen LogP contribution in [0.5, 0.6) is 0 Å². The summed E-state index contributed by atoms with van der Waals surface area (Å²) >= 11 is 0. The van der Waals surface area contributed by atoms with Crippen LogP contribution in [0.1, 0.15) is 278 Å². The van der Waals surface area contributed by atoms with Crippen LogP contribution in [0.2, 0.25) is 0 Å². The summed E-state index contributed by atoms with van der Waals surface area (Å²) in [6.45, 7) is 8.99. The molecule has 0 amide bonds. The zero-order valence-electron chi connectivity index (χ0n) is 38.1. The molecule has 56 heavy (non-hydrogen) atoms. The zero-order chi connectivity index (χ0) is 41.0. The number of hydrogen-bond donors (Lipinski definition) is 0. The number of carbonyl (C=O) groups excluding carboxylic acids is 3. The first-order chi connectivity index (χ1) is 27.4. The van der Waals surface area contributed by atoms with E-state index in [1.165, 1.54) is 173 Å². The summed E-state index contributed by atoms with van der Waals surface area (Å²) in [6.07, 6.45) is 45.3. The molecule has 0 heterocycles. The average Bonchev–Trinajstić information content (AvgIpc) is 3.18. The Morgan fingerprint density at radius 2 is 0.589 bits per heavy atom. The van der Waals surface area contributed by atoms with Gasteiger partial charge in [0.05, 0.1) is 0 Å². The van der Waals surface area contributed by atoms with Crippen LogP contribution in [0.25, 0.3) is 0 Å². The van der Waals surface area contributed by atoms with Gasteiger partial charge in [0.15, 0.2) is 6.10 Å². The van der Waals surface area contributed by atoms with Gasteiger partial charge < -0.3 is 14.2 Å². The van der Waals surface area contributed by atoms with Gasteiger partial charge in [-0.3, -0.25) is 14.4 Å². The van der Waals surface area contributed by atoms with Crippen LogP contribution in [-0.4, -0.2) is 37.2 Å². The molecule has 0 bridgehead atoms. The molecular formula is C50H96O6. The van der Waals surface area contributed by atoms with E-state index in [0.717, 1.165) is 63.7 Å². The molecule has 0 aromatic carbocycles. The van der Waals surface area contributed by atoms with Gasteiger partial charge in [0.25, 0.3) is 0 Å². The monoisotopic (exact) mass is 793 g/mol. The van der Waals surface area contributed by atoms with E-state index in [-0.39, 0.29) is 31.1 Å². The Morgan fingerprint density at radius 1 is 0.339 bits per heavy atom. The fraction of sp³-hybridized carbons (Fsp3) is 0.940. The zero-order valence-corrected chi connectivity index (χ0v) is 38.1. The van der Waals surface area contributed by atoms with Crippen LogP contribution >= 0.6 is 0 Å². The summed E-state index contributed by atoms with van der Waals surface area (Å²) in [7, 11) is 0. The third-order valence-electron chi connectivity index (χ3n) is 11.3. The van der Waals surface area contributed by atoms with E-state index in [2.05, 4.69) is 27.7 Å². The molecule has 0 saturated carbocycles. The Labute approximate surface area is 348 Å². The molecule has 0 N–H and O–H groups in total. The summed E-state index contributed by atoms with van der Waals surface area (Å²) < 4.78 is 16.7. The molecule has 1 atom stereocenters. The second kappa shape index (κ2) is 44.5. The predicted octanol–water partition coefficient (Wildman–Crippen LogP) is 15.9. The largest absolute Gasteiger partial charge is 0.462 e. The first-order valence-corrected chi connectivity index (χ1v) is 24.9. The maximum atomic E-state index is 12.6. The van der Waals surface area contributed by atoms with Gasteiger partial charge >= 0.3 is 17.9 Å². The van der Waals surface area contributed by atoms with Crippen molar-refractivity contribution in [1.82, 2.24) is 0 Å². The number of ether oxygens (including phenoxy) is 3. The molecule has 332 valence electrons. The van der Waals surface area contributed by atoms with Crippen molar-refractivity contribution in [3.05, 3.63) is 0 Å². The quantitative estimate of drug-likeness (QED) is 0.0347. The Morgan fingerprint density at radius 3 is 0.875 bits per heavy atom. The van der Waals surface area contributed by atoms with Gasteiger partial charge in [0.2, 0.25) is 0 Å². The van der Waals surface area contributed by atoms with E-state index in [1.54, 1.807) is 0 Å². The van der Waals surface area contributed by atoms with Crippen molar-refractivity contribution >= 4 is 17.9 Å². The van der Waals surface area contributed by atoms with Crippen molar-refractivity contribution in [1.29, 1.82) is 0 Å². The Hall–Kier alpha value is -1.59. The lowest BCUT2D eigenvalue weighted by atomic mass is 10.0. The normalized spacial score (nSPS) is 11.9. The van der Waals surface area contributed by atoms with Gasteiger partial charge in [-0.2, -0.15) is 0 Å². The summed E-state index contributed by atoms with van der Waals surface area (Å²) in [4.78, 5) is 37.7. The second-order valence-electron chi connectivity index (χ2n) is 17.6. The number of esters is 3. The molecule has 0 radical (unpaired) electrons. The number of hydrogen-bond acceptors (Lipinski definition) is 6. The number of unbranched alkanes of at least 4 members (excludes halogenated alkanes) is 32. The maximum Gasteiger partial charge on any atom is 0.306 e. The molecule has 6 heteroatoms. The molecular weight excluding hydrogens is 697 g/mol. The first-order valence-electron chi connectivity index (χ1n) is 24.9. The Bertz CT molecular complexity index is 841.